The minimum atomic E-state index is -4.39. The number of rotatable bonds is 57. The molecule has 0 aromatic carbocycles. The zero-order valence-corrected chi connectivity index (χ0v) is 50.9. The highest BCUT2D eigenvalue weighted by Gasteiger charge is 2.27. The maximum Gasteiger partial charge on any atom is 0.472 e. The molecule has 0 aliphatic carbocycles. The number of nitrogens with zero attached hydrogens (tertiary/aromatic N) is 1. The quantitative estimate of drug-likeness (QED) is 0.0211. The molecular weight excluding hydrogens is 966 g/mol. The van der Waals surface area contributed by atoms with Crippen molar-refractivity contribution in [2.45, 2.75) is 277 Å². The van der Waals surface area contributed by atoms with Gasteiger partial charge in [-0.05, 0) is 89.9 Å². The Morgan fingerprint density at radius 2 is 0.750 bits per heavy atom. The molecule has 440 valence electrons. The molecule has 0 fully saturated rings. The largest absolute Gasteiger partial charge is 0.472 e. The van der Waals surface area contributed by atoms with E-state index in [1.54, 1.807) is 0 Å². The Hall–Kier alpha value is -2.81. The number of phosphoric ester groups is 1. The zero-order chi connectivity index (χ0) is 55.6. The first-order chi connectivity index (χ1) is 37.0. The van der Waals surface area contributed by atoms with Gasteiger partial charge in [-0.25, -0.2) is 4.57 Å². The standard InChI is InChI=1S/C66H118NO8P/c1-6-8-10-12-14-16-18-20-22-24-26-28-29-30-31-32-33-34-35-36-37-39-40-42-44-46-48-50-52-54-56-58-65(68)72-62-64(63-74-76(70,71)73-61-60-67(3,4)5)75-66(69)59-57-55-53-51-49-47-45-43-41-38-27-25-23-21-19-17-15-13-11-9-7-2/h9,11,15,17-18,20-21,23-24,26-27,29-30,38,64H,6-8,10,12-14,16,19,22,25,28,31-37,39-63H2,1-5H3/p+1/b11-9-,17-15-,20-18-,23-21-,26-24-,30-29-,38-27-. The summed E-state index contributed by atoms with van der Waals surface area (Å²) in [6.45, 7) is 4.32. The van der Waals surface area contributed by atoms with Crippen LogP contribution in [-0.4, -0.2) is 74.9 Å². The highest BCUT2D eigenvalue weighted by atomic mass is 31.2. The smallest absolute Gasteiger partial charge is 0.462 e. The van der Waals surface area contributed by atoms with Gasteiger partial charge in [0.05, 0.1) is 27.7 Å². The summed E-state index contributed by atoms with van der Waals surface area (Å²) in [5, 5.41) is 0. The molecule has 0 aliphatic heterocycles. The Kier molecular flexibility index (Phi) is 54.8. The lowest BCUT2D eigenvalue weighted by Gasteiger charge is -2.24. The van der Waals surface area contributed by atoms with Crippen LogP contribution < -0.4 is 0 Å². The van der Waals surface area contributed by atoms with Crippen LogP contribution in [0, 0.1) is 0 Å². The lowest BCUT2D eigenvalue weighted by Crippen LogP contribution is -2.37. The molecule has 76 heavy (non-hydrogen) atoms. The van der Waals surface area contributed by atoms with Crippen LogP contribution in [0.5, 0.6) is 0 Å². The van der Waals surface area contributed by atoms with Crippen LogP contribution in [0.3, 0.4) is 0 Å². The predicted octanol–water partition coefficient (Wildman–Crippen LogP) is 19.8. The Morgan fingerprint density at radius 1 is 0.421 bits per heavy atom. The molecule has 0 heterocycles. The number of allylic oxidation sites excluding steroid dienone is 14. The van der Waals surface area contributed by atoms with Crippen LogP contribution in [0.4, 0.5) is 0 Å². The van der Waals surface area contributed by atoms with Crippen LogP contribution >= 0.6 is 7.82 Å². The van der Waals surface area contributed by atoms with Crippen LogP contribution in [0.2, 0.25) is 0 Å². The number of esters is 2. The van der Waals surface area contributed by atoms with Gasteiger partial charge in [0.2, 0.25) is 0 Å². The Labute approximate surface area is 469 Å². The average molecular weight is 1090 g/mol. The van der Waals surface area contributed by atoms with Gasteiger partial charge in [-0.1, -0.05) is 253 Å². The molecule has 0 saturated carbocycles. The number of carbonyl (C=O) groups is 2. The monoisotopic (exact) mass is 1080 g/mol. The van der Waals surface area contributed by atoms with E-state index in [9.17, 15) is 19.0 Å². The van der Waals surface area contributed by atoms with E-state index in [1.807, 2.05) is 21.1 Å². The number of ether oxygens (including phenoxy) is 2. The fourth-order valence-electron chi connectivity index (χ4n) is 8.60. The Bertz CT molecular complexity index is 1560. The van der Waals surface area contributed by atoms with Gasteiger partial charge in [0, 0.05) is 12.8 Å². The highest BCUT2D eigenvalue weighted by molar-refractivity contribution is 7.47. The van der Waals surface area contributed by atoms with Gasteiger partial charge in [0.1, 0.15) is 19.8 Å². The van der Waals surface area contributed by atoms with Crippen LogP contribution in [0.15, 0.2) is 85.1 Å². The van der Waals surface area contributed by atoms with E-state index in [4.69, 9.17) is 18.5 Å². The highest BCUT2D eigenvalue weighted by Crippen LogP contribution is 2.43. The molecule has 0 saturated heterocycles. The molecule has 9 nitrogen and oxygen atoms in total. The molecule has 0 aromatic heterocycles. The van der Waals surface area contributed by atoms with Crippen molar-refractivity contribution in [2.24, 2.45) is 0 Å². The van der Waals surface area contributed by atoms with Crippen molar-refractivity contribution >= 4 is 19.8 Å². The third-order valence-corrected chi connectivity index (χ3v) is 14.4. The molecule has 2 unspecified atom stereocenters. The van der Waals surface area contributed by atoms with E-state index >= 15 is 0 Å². The SMILES string of the molecule is CC/C=C\C/C=C\C/C=C\C/C=C\CCCCCCCCCCC(=O)OC(COC(=O)CCCCCCCCCCCCCCCCCC/C=C\C/C=C\C/C=C\CCCCCCC)COP(=O)(O)OCC[N+](C)(C)C. The predicted molar refractivity (Wildman–Crippen MR) is 325 cm³/mol. The summed E-state index contributed by atoms with van der Waals surface area (Å²) < 4.78 is 34.6. The number of quaternary nitrogens is 1. The Balaban J connectivity index is 4.09. The lowest BCUT2D eigenvalue weighted by molar-refractivity contribution is -0.870. The van der Waals surface area contributed by atoms with Gasteiger partial charge in [0.25, 0.3) is 0 Å². The Morgan fingerprint density at radius 3 is 1.12 bits per heavy atom. The van der Waals surface area contributed by atoms with Crippen molar-refractivity contribution in [3.8, 4) is 0 Å². The minimum Gasteiger partial charge on any atom is -0.462 e. The summed E-state index contributed by atoms with van der Waals surface area (Å²) in [5.41, 5.74) is 0. The molecule has 0 bridgehead atoms. The van der Waals surface area contributed by atoms with E-state index in [0.29, 0.717) is 17.4 Å². The van der Waals surface area contributed by atoms with Gasteiger partial charge in [-0.2, -0.15) is 0 Å². The number of likely N-dealkylation sites (N-methyl/N-ethyl adjacent to an activating group) is 1. The van der Waals surface area contributed by atoms with Crippen LogP contribution in [0.1, 0.15) is 271 Å². The van der Waals surface area contributed by atoms with E-state index < -0.39 is 26.5 Å². The topological polar surface area (TPSA) is 108 Å². The number of hydrogen-bond acceptors (Lipinski definition) is 7. The van der Waals surface area contributed by atoms with Gasteiger partial charge in [-0.15, -0.1) is 0 Å². The second-order valence-corrected chi connectivity index (χ2v) is 23.5. The summed E-state index contributed by atoms with van der Waals surface area (Å²) in [7, 11) is 1.47. The lowest BCUT2D eigenvalue weighted by atomic mass is 10.0. The fraction of sp³-hybridized carbons (Fsp3) is 0.758. The molecule has 0 radical (unpaired) electrons. The fourth-order valence-corrected chi connectivity index (χ4v) is 9.34. The van der Waals surface area contributed by atoms with Crippen molar-refractivity contribution in [2.75, 3.05) is 47.5 Å². The summed E-state index contributed by atoms with van der Waals surface area (Å²) in [6.07, 6.45) is 76.6. The molecule has 0 spiro atoms. The van der Waals surface area contributed by atoms with Crippen molar-refractivity contribution in [1.29, 1.82) is 0 Å². The van der Waals surface area contributed by atoms with Crippen LogP contribution in [-0.2, 0) is 32.7 Å². The van der Waals surface area contributed by atoms with Gasteiger partial charge in [0.15, 0.2) is 6.10 Å². The third kappa shape index (κ3) is 60.4. The average Bonchev–Trinajstić information content (AvgIpc) is 3.38. The molecule has 0 rings (SSSR count). The van der Waals surface area contributed by atoms with Crippen molar-refractivity contribution < 1.29 is 42.1 Å². The van der Waals surface area contributed by atoms with E-state index in [0.717, 1.165) is 83.5 Å². The third-order valence-electron chi connectivity index (χ3n) is 13.4. The molecule has 2 atom stereocenters. The molecule has 10 heteroatoms. The van der Waals surface area contributed by atoms with E-state index in [2.05, 4.69) is 98.9 Å². The summed E-state index contributed by atoms with van der Waals surface area (Å²) in [6, 6.07) is 0. The van der Waals surface area contributed by atoms with E-state index in [1.165, 1.54) is 154 Å². The van der Waals surface area contributed by atoms with Crippen molar-refractivity contribution in [3.63, 3.8) is 0 Å². The summed E-state index contributed by atoms with van der Waals surface area (Å²) >= 11 is 0. The second-order valence-electron chi connectivity index (χ2n) is 22.1. The summed E-state index contributed by atoms with van der Waals surface area (Å²) in [4.78, 5) is 35.8. The number of carbonyl (C=O) groups excluding carboxylic acids is 2. The maximum atomic E-state index is 12.8. The number of unbranched alkanes of at least 4 members (excludes halogenated alkanes) is 29. The first kappa shape index (κ1) is 73.2. The van der Waals surface area contributed by atoms with E-state index in [-0.39, 0.29) is 32.0 Å². The number of phosphoric acid groups is 1. The molecule has 0 aromatic rings. The van der Waals surface area contributed by atoms with Crippen LogP contribution in [0.25, 0.3) is 0 Å². The second kappa shape index (κ2) is 56.9. The first-order valence-electron chi connectivity index (χ1n) is 31.3. The van der Waals surface area contributed by atoms with Crippen molar-refractivity contribution in [1.82, 2.24) is 0 Å². The molecule has 1 N–H and O–H groups in total. The van der Waals surface area contributed by atoms with Gasteiger partial charge < -0.3 is 18.9 Å². The minimum absolute atomic E-state index is 0.0271. The number of hydrogen-bond donors (Lipinski definition) is 1. The first-order valence-corrected chi connectivity index (χ1v) is 32.8. The zero-order valence-electron chi connectivity index (χ0n) is 50.0. The molecule has 0 aliphatic rings. The summed E-state index contributed by atoms with van der Waals surface area (Å²) in [5.74, 6) is -0.803. The van der Waals surface area contributed by atoms with Gasteiger partial charge >= 0.3 is 19.8 Å². The van der Waals surface area contributed by atoms with Gasteiger partial charge in [-0.3, -0.25) is 18.6 Å². The molecular formula is C66H119NO8P+. The van der Waals surface area contributed by atoms with Crippen molar-refractivity contribution in [3.05, 3.63) is 85.1 Å². The maximum absolute atomic E-state index is 12.8. The normalized spacial score (nSPS) is 13.8. The molecule has 0 amide bonds.